The number of nitrogen functional groups attached to an aromatic ring is 1. The summed E-state index contributed by atoms with van der Waals surface area (Å²) in [4.78, 5) is 11.9. The Balaban J connectivity index is 2.07. The van der Waals surface area contributed by atoms with Crippen molar-refractivity contribution in [2.75, 3.05) is 23.5 Å². The Kier molecular flexibility index (Phi) is 4.32. The summed E-state index contributed by atoms with van der Waals surface area (Å²) in [5.41, 5.74) is 7.26. The lowest BCUT2D eigenvalue weighted by molar-refractivity contribution is 0.262. The van der Waals surface area contributed by atoms with Crippen molar-refractivity contribution in [3.8, 4) is 5.75 Å². The second-order valence-corrected chi connectivity index (χ2v) is 4.42. The highest BCUT2D eigenvalue weighted by atomic mass is 35.5. The third-order valence-corrected chi connectivity index (χ3v) is 2.96. The summed E-state index contributed by atoms with van der Waals surface area (Å²) < 4.78 is 5.04. The number of methoxy groups -OCH3 is 1. The number of carbonyl (C=O) groups excluding carboxylic acids is 1. The minimum absolute atomic E-state index is 0.415. The van der Waals surface area contributed by atoms with Crippen LogP contribution in [0.3, 0.4) is 0 Å². The van der Waals surface area contributed by atoms with E-state index in [9.17, 15) is 4.79 Å². The summed E-state index contributed by atoms with van der Waals surface area (Å²) in [6, 6.07) is 11.6. The highest BCUT2D eigenvalue weighted by Gasteiger charge is 2.08. The Morgan fingerprint density at radius 2 is 1.85 bits per heavy atom. The van der Waals surface area contributed by atoms with E-state index in [4.69, 9.17) is 22.1 Å². The number of halogens is 1. The molecule has 2 amide bonds. The van der Waals surface area contributed by atoms with Gasteiger partial charge in [0.05, 0.1) is 29.2 Å². The second-order valence-electron chi connectivity index (χ2n) is 4.01. The topological polar surface area (TPSA) is 76.4 Å². The maximum atomic E-state index is 11.9. The first-order chi connectivity index (χ1) is 9.60. The van der Waals surface area contributed by atoms with Crippen LogP contribution in [-0.2, 0) is 0 Å². The third kappa shape index (κ3) is 3.33. The molecule has 0 heterocycles. The zero-order valence-electron chi connectivity index (χ0n) is 10.8. The highest BCUT2D eigenvalue weighted by molar-refractivity contribution is 6.33. The van der Waals surface area contributed by atoms with Crippen molar-refractivity contribution < 1.29 is 9.53 Å². The quantitative estimate of drug-likeness (QED) is 0.757. The molecule has 2 rings (SSSR count). The van der Waals surface area contributed by atoms with E-state index >= 15 is 0 Å². The average Bonchev–Trinajstić information content (AvgIpc) is 2.43. The lowest BCUT2D eigenvalue weighted by Gasteiger charge is -2.11. The molecule has 4 N–H and O–H groups in total. The van der Waals surface area contributed by atoms with E-state index in [0.29, 0.717) is 27.8 Å². The molecule has 0 atom stereocenters. The van der Waals surface area contributed by atoms with E-state index in [2.05, 4.69) is 10.6 Å². The van der Waals surface area contributed by atoms with Crippen molar-refractivity contribution in [1.29, 1.82) is 0 Å². The van der Waals surface area contributed by atoms with Crippen molar-refractivity contribution in [1.82, 2.24) is 0 Å². The molecule has 104 valence electrons. The number of hydrogen-bond donors (Lipinski definition) is 3. The first-order valence-corrected chi connectivity index (χ1v) is 6.24. The van der Waals surface area contributed by atoms with Gasteiger partial charge in [0.25, 0.3) is 0 Å². The zero-order chi connectivity index (χ0) is 14.5. The van der Waals surface area contributed by atoms with Crippen LogP contribution in [-0.4, -0.2) is 13.1 Å². The molecule has 20 heavy (non-hydrogen) atoms. The molecular weight excluding hydrogens is 278 g/mol. The smallest absolute Gasteiger partial charge is 0.323 e. The van der Waals surface area contributed by atoms with Gasteiger partial charge in [-0.2, -0.15) is 0 Å². The van der Waals surface area contributed by atoms with Gasteiger partial charge in [0, 0.05) is 6.07 Å². The SMILES string of the molecule is COc1ccc(NC(=O)Nc2ccccc2Cl)c(N)c1. The molecule has 0 saturated carbocycles. The van der Waals surface area contributed by atoms with Crippen molar-refractivity contribution in [2.24, 2.45) is 0 Å². The molecule has 0 spiro atoms. The van der Waals surface area contributed by atoms with E-state index in [1.807, 2.05) is 0 Å². The van der Waals surface area contributed by atoms with Gasteiger partial charge in [-0.05, 0) is 24.3 Å². The van der Waals surface area contributed by atoms with Gasteiger partial charge in [0.2, 0.25) is 0 Å². The lowest BCUT2D eigenvalue weighted by Crippen LogP contribution is -2.20. The first kappa shape index (κ1) is 14.0. The summed E-state index contributed by atoms with van der Waals surface area (Å²) in [5, 5.41) is 5.76. The van der Waals surface area contributed by atoms with Crippen LogP contribution in [0.15, 0.2) is 42.5 Å². The van der Waals surface area contributed by atoms with Gasteiger partial charge in [-0.3, -0.25) is 0 Å². The fourth-order valence-corrected chi connectivity index (χ4v) is 1.80. The molecule has 6 heteroatoms. The molecule has 0 aromatic heterocycles. The number of ether oxygens (including phenoxy) is 1. The number of nitrogens with one attached hydrogen (secondary N) is 2. The molecule has 0 aliphatic rings. The number of para-hydroxylation sites is 1. The number of rotatable bonds is 3. The zero-order valence-corrected chi connectivity index (χ0v) is 11.6. The van der Waals surface area contributed by atoms with Gasteiger partial charge in [-0.1, -0.05) is 23.7 Å². The molecule has 0 unspecified atom stereocenters. The number of anilines is 3. The fraction of sp³-hybridized carbons (Fsp3) is 0.0714. The van der Waals surface area contributed by atoms with Crippen LogP contribution in [0.4, 0.5) is 21.9 Å². The minimum atomic E-state index is -0.421. The molecule has 0 bridgehead atoms. The molecule has 5 nitrogen and oxygen atoms in total. The van der Waals surface area contributed by atoms with Gasteiger partial charge in [0.15, 0.2) is 0 Å². The van der Waals surface area contributed by atoms with Crippen molar-refractivity contribution in [2.45, 2.75) is 0 Å². The average molecular weight is 292 g/mol. The summed E-state index contributed by atoms with van der Waals surface area (Å²) in [5.74, 6) is 0.625. The summed E-state index contributed by atoms with van der Waals surface area (Å²) >= 11 is 5.96. The number of urea groups is 1. The monoisotopic (exact) mass is 291 g/mol. The maximum Gasteiger partial charge on any atom is 0.323 e. The Morgan fingerprint density at radius 1 is 1.15 bits per heavy atom. The van der Waals surface area contributed by atoms with Gasteiger partial charge < -0.3 is 21.1 Å². The molecule has 2 aromatic carbocycles. The summed E-state index contributed by atoms with van der Waals surface area (Å²) in [7, 11) is 1.55. The predicted molar refractivity (Wildman–Crippen MR) is 81.5 cm³/mol. The van der Waals surface area contributed by atoms with Crippen LogP contribution in [0.25, 0.3) is 0 Å². The fourth-order valence-electron chi connectivity index (χ4n) is 1.62. The lowest BCUT2D eigenvalue weighted by atomic mass is 10.2. The van der Waals surface area contributed by atoms with Crippen LogP contribution < -0.4 is 21.1 Å². The van der Waals surface area contributed by atoms with Gasteiger partial charge in [-0.15, -0.1) is 0 Å². The molecular formula is C14H14ClN3O2. The van der Waals surface area contributed by atoms with E-state index < -0.39 is 6.03 Å². The Labute approximate surface area is 121 Å². The van der Waals surface area contributed by atoms with Gasteiger partial charge in [0.1, 0.15) is 5.75 Å². The number of amides is 2. The number of hydrogen-bond acceptors (Lipinski definition) is 3. The molecule has 2 aromatic rings. The maximum absolute atomic E-state index is 11.9. The molecule has 0 radical (unpaired) electrons. The largest absolute Gasteiger partial charge is 0.497 e. The normalized spacial score (nSPS) is 9.90. The number of benzene rings is 2. The molecule has 0 fully saturated rings. The minimum Gasteiger partial charge on any atom is -0.497 e. The van der Waals surface area contributed by atoms with E-state index in [0.717, 1.165) is 0 Å². The summed E-state index contributed by atoms with van der Waals surface area (Å²) in [6.45, 7) is 0. The van der Waals surface area contributed by atoms with Gasteiger partial charge >= 0.3 is 6.03 Å². The van der Waals surface area contributed by atoms with Crippen LogP contribution >= 0.6 is 11.6 Å². The second kappa shape index (κ2) is 6.16. The highest BCUT2D eigenvalue weighted by Crippen LogP contribution is 2.25. The predicted octanol–water partition coefficient (Wildman–Crippen LogP) is 3.57. The number of nitrogens with two attached hydrogens (primary N) is 1. The Bertz CT molecular complexity index is 632. The van der Waals surface area contributed by atoms with E-state index in [1.165, 1.54) is 0 Å². The van der Waals surface area contributed by atoms with Crippen LogP contribution in [0.5, 0.6) is 5.75 Å². The van der Waals surface area contributed by atoms with E-state index in [-0.39, 0.29) is 0 Å². The first-order valence-electron chi connectivity index (χ1n) is 5.86. The Morgan fingerprint density at radius 3 is 2.50 bits per heavy atom. The Hall–Kier alpha value is -2.40. The van der Waals surface area contributed by atoms with Gasteiger partial charge in [-0.25, -0.2) is 4.79 Å². The molecule has 0 aliphatic heterocycles. The summed E-state index contributed by atoms with van der Waals surface area (Å²) in [6.07, 6.45) is 0. The van der Waals surface area contributed by atoms with Crippen molar-refractivity contribution in [3.05, 3.63) is 47.5 Å². The van der Waals surface area contributed by atoms with Crippen LogP contribution in [0.1, 0.15) is 0 Å². The van der Waals surface area contributed by atoms with E-state index in [1.54, 1.807) is 49.6 Å². The van der Waals surface area contributed by atoms with Crippen molar-refractivity contribution >= 4 is 34.7 Å². The van der Waals surface area contributed by atoms with Crippen molar-refractivity contribution in [3.63, 3.8) is 0 Å². The third-order valence-electron chi connectivity index (χ3n) is 2.63. The van der Waals surface area contributed by atoms with Crippen LogP contribution in [0, 0.1) is 0 Å². The van der Waals surface area contributed by atoms with Crippen LogP contribution in [0.2, 0.25) is 5.02 Å². The standard InChI is InChI=1S/C14H14ClN3O2/c1-20-9-6-7-13(11(16)8-9)18-14(19)17-12-5-3-2-4-10(12)15/h2-8H,16H2,1H3,(H2,17,18,19). The molecule has 0 saturated heterocycles. The molecule has 0 aliphatic carbocycles. The number of carbonyl (C=O) groups is 1.